The highest BCUT2D eigenvalue weighted by atomic mass is 14.9. The SMILES string of the molecule is Cc1nc2ccc(CC3(C#N)CC3)cc2[nH]1. The van der Waals surface area contributed by atoms with Gasteiger partial charge < -0.3 is 4.98 Å². The molecule has 1 heterocycles. The lowest BCUT2D eigenvalue weighted by molar-refractivity contribution is 0.665. The Bertz CT molecular complexity index is 585. The van der Waals surface area contributed by atoms with Crippen molar-refractivity contribution in [2.75, 3.05) is 0 Å². The molecule has 1 fully saturated rings. The molecule has 3 heteroatoms. The van der Waals surface area contributed by atoms with E-state index in [1.807, 2.05) is 13.0 Å². The first-order chi connectivity index (χ1) is 7.71. The summed E-state index contributed by atoms with van der Waals surface area (Å²) in [5.41, 5.74) is 3.24. The molecule has 0 bridgehead atoms. The molecule has 0 spiro atoms. The number of hydrogen-bond donors (Lipinski definition) is 1. The average Bonchev–Trinajstić information content (AvgIpc) is 2.93. The summed E-state index contributed by atoms with van der Waals surface area (Å²) in [5, 5.41) is 9.07. The number of aromatic amines is 1. The molecule has 0 radical (unpaired) electrons. The van der Waals surface area contributed by atoms with Crippen LogP contribution in [-0.2, 0) is 6.42 Å². The Morgan fingerprint density at radius 2 is 2.31 bits per heavy atom. The third-order valence-corrected chi connectivity index (χ3v) is 3.30. The molecule has 3 nitrogen and oxygen atoms in total. The molecule has 1 aliphatic carbocycles. The predicted molar refractivity (Wildman–Crippen MR) is 61.8 cm³/mol. The maximum absolute atomic E-state index is 9.07. The van der Waals surface area contributed by atoms with Crippen LogP contribution in [0.4, 0.5) is 0 Å². The number of aromatic nitrogens is 2. The van der Waals surface area contributed by atoms with Crippen molar-refractivity contribution in [2.45, 2.75) is 26.2 Å². The average molecular weight is 211 g/mol. The fraction of sp³-hybridized carbons (Fsp3) is 0.385. The normalized spacial score (nSPS) is 17.2. The minimum Gasteiger partial charge on any atom is -0.342 e. The van der Waals surface area contributed by atoms with Gasteiger partial charge in [0.25, 0.3) is 0 Å². The van der Waals surface area contributed by atoms with Gasteiger partial charge in [0.2, 0.25) is 0 Å². The van der Waals surface area contributed by atoms with Crippen molar-refractivity contribution in [1.29, 1.82) is 5.26 Å². The Balaban J connectivity index is 1.96. The number of fused-ring (bicyclic) bond motifs is 1. The maximum atomic E-state index is 9.07. The van der Waals surface area contributed by atoms with E-state index in [4.69, 9.17) is 5.26 Å². The van der Waals surface area contributed by atoms with Crippen molar-refractivity contribution in [3.05, 3.63) is 29.6 Å². The lowest BCUT2D eigenvalue weighted by atomic mass is 9.98. The number of benzene rings is 1. The van der Waals surface area contributed by atoms with Crippen LogP contribution in [0.5, 0.6) is 0 Å². The summed E-state index contributed by atoms with van der Waals surface area (Å²) in [6.07, 6.45) is 2.96. The fourth-order valence-corrected chi connectivity index (χ4v) is 2.16. The van der Waals surface area contributed by atoms with Crippen LogP contribution in [0.1, 0.15) is 24.2 Å². The van der Waals surface area contributed by atoms with E-state index in [1.54, 1.807) is 0 Å². The van der Waals surface area contributed by atoms with Crippen LogP contribution in [0.2, 0.25) is 0 Å². The monoisotopic (exact) mass is 211 g/mol. The lowest BCUT2D eigenvalue weighted by Gasteiger charge is -2.04. The van der Waals surface area contributed by atoms with Crippen LogP contribution in [-0.4, -0.2) is 9.97 Å². The standard InChI is InChI=1S/C13H13N3/c1-9-15-11-3-2-10(6-12(11)16-9)7-13(8-14)4-5-13/h2-3,6H,4-5,7H2,1H3,(H,15,16). The third-order valence-electron chi connectivity index (χ3n) is 3.30. The summed E-state index contributed by atoms with van der Waals surface area (Å²) in [6.45, 7) is 1.96. The van der Waals surface area contributed by atoms with Gasteiger partial charge in [-0.05, 0) is 43.9 Å². The predicted octanol–water partition coefficient (Wildman–Crippen LogP) is 2.72. The summed E-state index contributed by atoms with van der Waals surface area (Å²) in [6, 6.07) is 8.66. The van der Waals surface area contributed by atoms with Gasteiger partial charge >= 0.3 is 0 Å². The number of nitriles is 1. The molecule has 3 rings (SSSR count). The molecular weight excluding hydrogens is 198 g/mol. The molecule has 0 amide bonds. The second-order valence-electron chi connectivity index (χ2n) is 4.74. The first-order valence-electron chi connectivity index (χ1n) is 5.57. The van der Waals surface area contributed by atoms with Gasteiger partial charge in [0.05, 0.1) is 22.5 Å². The van der Waals surface area contributed by atoms with Crippen molar-refractivity contribution >= 4 is 11.0 Å². The van der Waals surface area contributed by atoms with Crippen molar-refractivity contribution in [1.82, 2.24) is 9.97 Å². The van der Waals surface area contributed by atoms with E-state index in [9.17, 15) is 0 Å². The Morgan fingerprint density at radius 3 is 3.00 bits per heavy atom. The van der Waals surface area contributed by atoms with Crippen molar-refractivity contribution in [2.24, 2.45) is 5.41 Å². The van der Waals surface area contributed by atoms with Gasteiger partial charge in [-0.2, -0.15) is 5.26 Å². The molecule has 2 aromatic rings. The topological polar surface area (TPSA) is 52.5 Å². The zero-order chi connectivity index (χ0) is 11.2. The maximum Gasteiger partial charge on any atom is 0.104 e. The van der Waals surface area contributed by atoms with Crippen LogP contribution in [0.15, 0.2) is 18.2 Å². The van der Waals surface area contributed by atoms with Crippen molar-refractivity contribution in [3.63, 3.8) is 0 Å². The Hall–Kier alpha value is -1.82. The van der Waals surface area contributed by atoms with Gasteiger partial charge in [-0.25, -0.2) is 4.98 Å². The summed E-state index contributed by atoms with van der Waals surface area (Å²) in [5.74, 6) is 0.938. The third kappa shape index (κ3) is 1.47. The molecule has 0 aliphatic heterocycles. The van der Waals surface area contributed by atoms with E-state index in [0.29, 0.717) is 0 Å². The molecule has 0 unspecified atom stereocenters. The molecule has 0 saturated heterocycles. The van der Waals surface area contributed by atoms with E-state index < -0.39 is 0 Å². The quantitative estimate of drug-likeness (QED) is 0.830. The number of nitrogens with one attached hydrogen (secondary N) is 1. The minimum absolute atomic E-state index is 0.0667. The van der Waals surface area contributed by atoms with Crippen LogP contribution in [0.25, 0.3) is 11.0 Å². The minimum atomic E-state index is -0.0667. The number of imidazole rings is 1. The van der Waals surface area contributed by atoms with E-state index in [2.05, 4.69) is 28.2 Å². The number of hydrogen-bond acceptors (Lipinski definition) is 2. The van der Waals surface area contributed by atoms with Crippen LogP contribution >= 0.6 is 0 Å². The van der Waals surface area contributed by atoms with E-state index >= 15 is 0 Å². The number of H-pyrrole nitrogens is 1. The van der Waals surface area contributed by atoms with Gasteiger partial charge in [-0.15, -0.1) is 0 Å². The fourth-order valence-electron chi connectivity index (χ4n) is 2.16. The van der Waals surface area contributed by atoms with Gasteiger partial charge in [-0.3, -0.25) is 0 Å². The summed E-state index contributed by atoms with van der Waals surface area (Å²) >= 11 is 0. The molecular formula is C13H13N3. The Labute approximate surface area is 94.1 Å². The summed E-state index contributed by atoms with van der Waals surface area (Å²) in [7, 11) is 0. The molecule has 16 heavy (non-hydrogen) atoms. The van der Waals surface area contributed by atoms with Gasteiger partial charge in [-0.1, -0.05) is 6.07 Å². The molecule has 1 aromatic heterocycles. The number of rotatable bonds is 2. The van der Waals surface area contributed by atoms with Gasteiger partial charge in [0.15, 0.2) is 0 Å². The largest absolute Gasteiger partial charge is 0.342 e. The molecule has 1 saturated carbocycles. The van der Waals surface area contributed by atoms with Crippen LogP contribution in [0.3, 0.4) is 0 Å². The second kappa shape index (κ2) is 3.08. The highest BCUT2D eigenvalue weighted by Gasteiger charge is 2.42. The highest BCUT2D eigenvalue weighted by Crippen LogP contribution is 2.47. The first kappa shape index (κ1) is 9.41. The zero-order valence-corrected chi connectivity index (χ0v) is 9.25. The Kier molecular flexibility index (Phi) is 1.81. The van der Waals surface area contributed by atoms with E-state index in [1.165, 1.54) is 5.56 Å². The van der Waals surface area contributed by atoms with Gasteiger partial charge in [0.1, 0.15) is 5.82 Å². The summed E-state index contributed by atoms with van der Waals surface area (Å²) < 4.78 is 0. The van der Waals surface area contributed by atoms with E-state index in [-0.39, 0.29) is 5.41 Å². The smallest absolute Gasteiger partial charge is 0.104 e. The Morgan fingerprint density at radius 1 is 1.50 bits per heavy atom. The molecule has 1 aliphatic rings. The van der Waals surface area contributed by atoms with Crippen LogP contribution in [0, 0.1) is 23.7 Å². The van der Waals surface area contributed by atoms with Crippen LogP contribution < -0.4 is 0 Å². The zero-order valence-electron chi connectivity index (χ0n) is 9.25. The molecule has 0 atom stereocenters. The summed E-state index contributed by atoms with van der Waals surface area (Å²) in [4.78, 5) is 7.59. The number of nitrogens with zero attached hydrogens (tertiary/aromatic N) is 2. The molecule has 1 aromatic carbocycles. The van der Waals surface area contributed by atoms with Crippen molar-refractivity contribution < 1.29 is 0 Å². The van der Waals surface area contributed by atoms with Crippen molar-refractivity contribution in [3.8, 4) is 6.07 Å². The molecule has 1 N–H and O–H groups in total. The number of aryl methyl sites for hydroxylation is 1. The lowest BCUT2D eigenvalue weighted by Crippen LogP contribution is -2.00. The van der Waals surface area contributed by atoms with E-state index in [0.717, 1.165) is 36.1 Å². The second-order valence-corrected chi connectivity index (χ2v) is 4.74. The first-order valence-corrected chi connectivity index (χ1v) is 5.57. The molecule has 80 valence electrons. The highest BCUT2D eigenvalue weighted by molar-refractivity contribution is 5.75. The van der Waals surface area contributed by atoms with Gasteiger partial charge in [0, 0.05) is 0 Å².